The van der Waals surface area contributed by atoms with Gasteiger partial charge in [-0.05, 0) is 61.8 Å². The van der Waals surface area contributed by atoms with E-state index in [0.29, 0.717) is 12.5 Å². The van der Waals surface area contributed by atoms with Gasteiger partial charge in [0.05, 0.1) is 6.04 Å². The maximum Gasteiger partial charge on any atom is 0.241 e. The van der Waals surface area contributed by atoms with Gasteiger partial charge in [0.25, 0.3) is 0 Å². The van der Waals surface area contributed by atoms with E-state index in [2.05, 4.69) is 10.6 Å². The average molecular weight is 311 g/mol. The largest absolute Gasteiger partial charge is 0.457 e. The number of amides is 1. The molecule has 0 radical (unpaired) electrons. The van der Waals surface area contributed by atoms with E-state index in [1.54, 1.807) is 0 Å². The van der Waals surface area contributed by atoms with Crippen molar-refractivity contribution in [3.63, 3.8) is 0 Å². The quantitative estimate of drug-likeness (QED) is 0.792. The van der Waals surface area contributed by atoms with Gasteiger partial charge >= 0.3 is 0 Å². The summed E-state index contributed by atoms with van der Waals surface area (Å²) in [6, 6.07) is 16.8. The van der Waals surface area contributed by atoms with Crippen LogP contribution in [0.1, 0.15) is 6.42 Å². The third-order valence-electron chi connectivity index (χ3n) is 3.97. The van der Waals surface area contributed by atoms with Crippen molar-refractivity contribution in [3.8, 4) is 11.5 Å². The number of nitrogens with two attached hydrogens (primary N) is 1. The molecule has 1 heterocycles. The van der Waals surface area contributed by atoms with Crippen LogP contribution in [0.2, 0.25) is 0 Å². The summed E-state index contributed by atoms with van der Waals surface area (Å²) >= 11 is 0. The Morgan fingerprint density at radius 2 is 1.83 bits per heavy atom. The number of ether oxygens (including phenoxy) is 1. The molecule has 3 rings (SSSR count). The zero-order valence-electron chi connectivity index (χ0n) is 12.9. The average Bonchev–Trinajstić information content (AvgIpc) is 3.07. The Bertz CT molecular complexity index is 643. The van der Waals surface area contributed by atoms with E-state index in [-0.39, 0.29) is 11.9 Å². The van der Waals surface area contributed by atoms with Gasteiger partial charge in [-0.3, -0.25) is 4.79 Å². The Labute approximate surface area is 135 Å². The molecule has 1 fully saturated rings. The fraction of sp³-hybridized carbons (Fsp3) is 0.278. The molecule has 1 amide bonds. The van der Waals surface area contributed by atoms with E-state index < -0.39 is 0 Å². The van der Waals surface area contributed by atoms with Crippen molar-refractivity contribution in [3.05, 3.63) is 54.6 Å². The first-order valence-electron chi connectivity index (χ1n) is 7.82. The Morgan fingerprint density at radius 1 is 1.13 bits per heavy atom. The lowest BCUT2D eigenvalue weighted by Crippen LogP contribution is -2.35. The first kappa shape index (κ1) is 15.5. The topological polar surface area (TPSA) is 76.4 Å². The molecule has 1 aliphatic heterocycles. The summed E-state index contributed by atoms with van der Waals surface area (Å²) in [4.78, 5) is 12.2. The molecule has 1 saturated heterocycles. The Morgan fingerprint density at radius 3 is 2.48 bits per heavy atom. The molecule has 23 heavy (non-hydrogen) atoms. The molecule has 0 saturated carbocycles. The highest BCUT2D eigenvalue weighted by Crippen LogP contribution is 2.23. The van der Waals surface area contributed by atoms with Gasteiger partial charge in [-0.1, -0.05) is 18.2 Å². The standard InChI is InChI=1S/C18H21N3O2/c19-11-13-10-17(20-12-13)18(22)21-14-6-8-16(9-7-14)23-15-4-2-1-3-5-15/h1-9,13,17,20H,10-12,19H2,(H,21,22)/t13-,17-/m0/s1. The van der Waals surface area contributed by atoms with Crippen LogP contribution in [0.4, 0.5) is 5.69 Å². The van der Waals surface area contributed by atoms with E-state index in [4.69, 9.17) is 10.5 Å². The van der Waals surface area contributed by atoms with Crippen LogP contribution in [0.15, 0.2) is 54.6 Å². The predicted molar refractivity (Wildman–Crippen MR) is 90.5 cm³/mol. The lowest BCUT2D eigenvalue weighted by molar-refractivity contribution is -0.117. The Hall–Kier alpha value is -2.37. The lowest BCUT2D eigenvalue weighted by atomic mass is 10.1. The first-order valence-corrected chi connectivity index (χ1v) is 7.82. The van der Waals surface area contributed by atoms with E-state index in [1.807, 2.05) is 54.6 Å². The van der Waals surface area contributed by atoms with Gasteiger partial charge < -0.3 is 21.1 Å². The van der Waals surface area contributed by atoms with Crippen LogP contribution in [0.3, 0.4) is 0 Å². The number of para-hydroxylation sites is 1. The van der Waals surface area contributed by atoms with Gasteiger partial charge in [0.2, 0.25) is 5.91 Å². The van der Waals surface area contributed by atoms with E-state index in [0.717, 1.165) is 30.2 Å². The number of anilines is 1. The van der Waals surface area contributed by atoms with E-state index in [1.165, 1.54) is 0 Å². The van der Waals surface area contributed by atoms with Crippen molar-refractivity contribution in [1.82, 2.24) is 5.32 Å². The zero-order chi connectivity index (χ0) is 16.1. The highest BCUT2D eigenvalue weighted by molar-refractivity contribution is 5.95. The molecule has 2 aromatic rings. The van der Waals surface area contributed by atoms with Crippen molar-refractivity contribution in [2.75, 3.05) is 18.4 Å². The van der Waals surface area contributed by atoms with Crippen molar-refractivity contribution >= 4 is 11.6 Å². The number of nitrogens with one attached hydrogen (secondary N) is 2. The van der Waals surface area contributed by atoms with Gasteiger partial charge in [0.15, 0.2) is 0 Å². The highest BCUT2D eigenvalue weighted by atomic mass is 16.5. The monoisotopic (exact) mass is 311 g/mol. The van der Waals surface area contributed by atoms with Crippen LogP contribution in [0, 0.1) is 5.92 Å². The van der Waals surface area contributed by atoms with Gasteiger partial charge in [-0.25, -0.2) is 0 Å². The maximum absolute atomic E-state index is 12.2. The predicted octanol–water partition coefficient (Wildman–Crippen LogP) is 2.35. The van der Waals surface area contributed by atoms with Gasteiger partial charge in [0, 0.05) is 5.69 Å². The molecular formula is C18H21N3O2. The number of hydrogen-bond donors (Lipinski definition) is 3. The highest BCUT2D eigenvalue weighted by Gasteiger charge is 2.28. The minimum Gasteiger partial charge on any atom is -0.457 e. The van der Waals surface area contributed by atoms with Crippen molar-refractivity contribution in [1.29, 1.82) is 0 Å². The van der Waals surface area contributed by atoms with Crippen LogP contribution in [-0.4, -0.2) is 25.0 Å². The van der Waals surface area contributed by atoms with Crippen molar-refractivity contribution in [2.24, 2.45) is 11.7 Å². The summed E-state index contributed by atoms with van der Waals surface area (Å²) in [5.74, 6) is 1.88. The number of hydrogen-bond acceptors (Lipinski definition) is 4. The summed E-state index contributed by atoms with van der Waals surface area (Å²) in [6.45, 7) is 1.42. The number of rotatable bonds is 5. The molecule has 5 heteroatoms. The molecule has 0 aliphatic carbocycles. The Balaban J connectivity index is 1.56. The molecule has 4 N–H and O–H groups in total. The van der Waals surface area contributed by atoms with Crippen LogP contribution in [0.5, 0.6) is 11.5 Å². The third-order valence-corrected chi connectivity index (χ3v) is 3.97. The molecule has 2 aromatic carbocycles. The van der Waals surface area contributed by atoms with Crippen LogP contribution >= 0.6 is 0 Å². The summed E-state index contributed by atoms with van der Waals surface area (Å²) in [7, 11) is 0. The third kappa shape index (κ3) is 4.09. The molecule has 1 aliphatic rings. The van der Waals surface area contributed by atoms with Crippen LogP contribution in [0.25, 0.3) is 0 Å². The van der Waals surface area contributed by atoms with Gasteiger partial charge in [-0.2, -0.15) is 0 Å². The minimum absolute atomic E-state index is 0.0160. The maximum atomic E-state index is 12.2. The normalized spacial score (nSPS) is 20.2. The molecule has 0 aromatic heterocycles. The van der Waals surface area contributed by atoms with Crippen LogP contribution < -0.4 is 21.1 Å². The summed E-state index contributed by atoms with van der Waals surface area (Å²) in [5.41, 5.74) is 6.40. The first-order chi connectivity index (χ1) is 11.2. The lowest BCUT2D eigenvalue weighted by Gasteiger charge is -2.12. The van der Waals surface area contributed by atoms with Gasteiger partial charge in [-0.15, -0.1) is 0 Å². The second-order valence-corrected chi connectivity index (χ2v) is 5.73. The number of carbonyl (C=O) groups excluding carboxylic acids is 1. The second-order valence-electron chi connectivity index (χ2n) is 5.73. The van der Waals surface area contributed by atoms with Crippen molar-refractivity contribution in [2.45, 2.75) is 12.5 Å². The molecule has 2 atom stereocenters. The smallest absolute Gasteiger partial charge is 0.241 e. The van der Waals surface area contributed by atoms with E-state index in [9.17, 15) is 4.79 Å². The molecule has 0 unspecified atom stereocenters. The molecule has 5 nitrogen and oxygen atoms in total. The molecular weight excluding hydrogens is 290 g/mol. The van der Waals surface area contributed by atoms with Crippen molar-refractivity contribution < 1.29 is 9.53 Å². The second kappa shape index (κ2) is 7.26. The number of benzene rings is 2. The van der Waals surface area contributed by atoms with Crippen LogP contribution in [-0.2, 0) is 4.79 Å². The molecule has 0 spiro atoms. The summed E-state index contributed by atoms with van der Waals surface area (Å²) in [6.07, 6.45) is 0.789. The number of carbonyl (C=O) groups is 1. The summed E-state index contributed by atoms with van der Waals surface area (Å²) in [5, 5.41) is 6.13. The molecule has 0 bridgehead atoms. The SMILES string of the molecule is NC[C@H]1CN[C@H](C(=O)Nc2ccc(Oc3ccccc3)cc2)C1. The Kier molecular flexibility index (Phi) is 4.90. The van der Waals surface area contributed by atoms with Gasteiger partial charge in [0.1, 0.15) is 11.5 Å². The zero-order valence-corrected chi connectivity index (χ0v) is 12.9. The molecule has 120 valence electrons. The fourth-order valence-corrected chi connectivity index (χ4v) is 2.65. The summed E-state index contributed by atoms with van der Waals surface area (Å²) < 4.78 is 5.73. The van der Waals surface area contributed by atoms with E-state index >= 15 is 0 Å². The fourth-order valence-electron chi connectivity index (χ4n) is 2.65. The minimum atomic E-state index is -0.163.